The van der Waals surface area contributed by atoms with Gasteiger partial charge in [0.15, 0.2) is 11.6 Å². The van der Waals surface area contributed by atoms with Crippen molar-refractivity contribution in [3.63, 3.8) is 0 Å². The average Bonchev–Trinajstić information content (AvgIpc) is 3.21. The lowest BCUT2D eigenvalue weighted by atomic mass is 10.2. The van der Waals surface area contributed by atoms with Gasteiger partial charge in [0.1, 0.15) is 13.2 Å². The number of alkyl halides is 3. The van der Waals surface area contributed by atoms with Crippen molar-refractivity contribution in [2.24, 2.45) is 0 Å². The first-order chi connectivity index (χ1) is 9.96. The minimum Gasteiger partial charge on any atom is -0.488 e. The Morgan fingerprint density at radius 3 is 2.62 bits per heavy atom. The number of para-hydroxylation sites is 1. The molecule has 0 spiro atoms. The third kappa shape index (κ3) is 5.89. The second-order valence-electron chi connectivity index (χ2n) is 4.90. The van der Waals surface area contributed by atoms with E-state index >= 15 is 0 Å². The van der Waals surface area contributed by atoms with E-state index in [2.05, 4.69) is 10.1 Å². The van der Waals surface area contributed by atoms with Gasteiger partial charge in [-0.05, 0) is 18.9 Å². The topological polar surface area (TPSA) is 30.5 Å². The highest BCUT2D eigenvalue weighted by molar-refractivity contribution is 5.35. The van der Waals surface area contributed by atoms with Crippen LogP contribution in [0.2, 0.25) is 0 Å². The molecule has 1 aromatic rings. The summed E-state index contributed by atoms with van der Waals surface area (Å²) in [6.45, 7) is -1.23. The number of hydrogen-bond acceptors (Lipinski definition) is 3. The molecule has 1 aromatic carbocycles. The molecule has 1 saturated carbocycles. The van der Waals surface area contributed by atoms with E-state index in [-0.39, 0.29) is 19.0 Å². The van der Waals surface area contributed by atoms with Crippen molar-refractivity contribution < 1.29 is 27.0 Å². The Morgan fingerprint density at radius 2 is 1.95 bits per heavy atom. The first-order valence-corrected chi connectivity index (χ1v) is 6.74. The van der Waals surface area contributed by atoms with Crippen LogP contribution in [0.1, 0.15) is 18.4 Å². The van der Waals surface area contributed by atoms with E-state index in [9.17, 15) is 17.6 Å². The second kappa shape index (κ2) is 7.09. The molecule has 1 fully saturated rings. The molecule has 21 heavy (non-hydrogen) atoms. The average molecular weight is 307 g/mol. The predicted molar refractivity (Wildman–Crippen MR) is 68.6 cm³/mol. The minimum absolute atomic E-state index is 0.0706. The van der Waals surface area contributed by atoms with Crippen molar-refractivity contribution in [2.75, 3.05) is 19.8 Å². The van der Waals surface area contributed by atoms with E-state index in [1.807, 2.05) is 0 Å². The summed E-state index contributed by atoms with van der Waals surface area (Å²) in [5, 5.41) is 3.24. The van der Waals surface area contributed by atoms with Gasteiger partial charge >= 0.3 is 6.18 Å². The highest BCUT2D eigenvalue weighted by atomic mass is 19.4. The zero-order chi connectivity index (χ0) is 15.3. The van der Waals surface area contributed by atoms with Crippen LogP contribution in [0.25, 0.3) is 0 Å². The van der Waals surface area contributed by atoms with Crippen LogP contribution < -0.4 is 10.1 Å². The fraction of sp³-hybridized carbons (Fsp3) is 0.571. The number of ether oxygens (including phenoxy) is 2. The molecule has 1 N–H and O–H groups in total. The Balaban J connectivity index is 1.80. The molecule has 2 rings (SSSR count). The third-order valence-corrected chi connectivity index (χ3v) is 2.95. The molecule has 0 heterocycles. The molecule has 1 aliphatic carbocycles. The van der Waals surface area contributed by atoms with Crippen LogP contribution >= 0.6 is 0 Å². The van der Waals surface area contributed by atoms with Crippen LogP contribution in [0.3, 0.4) is 0 Å². The fourth-order valence-corrected chi connectivity index (χ4v) is 1.79. The van der Waals surface area contributed by atoms with Crippen LogP contribution in [0.15, 0.2) is 18.2 Å². The predicted octanol–water partition coefficient (Wildman–Crippen LogP) is 3.04. The van der Waals surface area contributed by atoms with Crippen LogP contribution in [0.4, 0.5) is 17.6 Å². The molecule has 1 aliphatic rings. The SMILES string of the molecule is Fc1cccc(CNC2CC2)c1OCCOCC(F)(F)F. The summed E-state index contributed by atoms with van der Waals surface area (Å²) in [7, 11) is 0. The number of nitrogens with one attached hydrogen (secondary N) is 1. The third-order valence-electron chi connectivity index (χ3n) is 2.95. The van der Waals surface area contributed by atoms with Crippen molar-refractivity contribution >= 4 is 0 Å². The van der Waals surface area contributed by atoms with Crippen molar-refractivity contribution in [1.82, 2.24) is 5.32 Å². The highest BCUT2D eigenvalue weighted by Crippen LogP contribution is 2.25. The summed E-state index contributed by atoms with van der Waals surface area (Å²) in [6, 6.07) is 5.03. The maximum atomic E-state index is 13.7. The van der Waals surface area contributed by atoms with E-state index in [0.29, 0.717) is 18.2 Å². The summed E-state index contributed by atoms with van der Waals surface area (Å²) in [6.07, 6.45) is -2.15. The van der Waals surface area contributed by atoms with Gasteiger partial charge in [0.05, 0.1) is 6.61 Å². The van der Waals surface area contributed by atoms with Gasteiger partial charge in [-0.25, -0.2) is 4.39 Å². The largest absolute Gasteiger partial charge is 0.488 e. The number of halogens is 4. The van der Waals surface area contributed by atoms with E-state index < -0.39 is 18.6 Å². The van der Waals surface area contributed by atoms with Crippen LogP contribution in [0.5, 0.6) is 5.75 Å². The first-order valence-electron chi connectivity index (χ1n) is 6.74. The molecule has 0 atom stereocenters. The Kier molecular flexibility index (Phi) is 5.41. The molecule has 0 amide bonds. The summed E-state index contributed by atoms with van der Waals surface area (Å²) in [4.78, 5) is 0. The molecule has 3 nitrogen and oxygen atoms in total. The first kappa shape index (κ1) is 16.0. The molecule has 7 heteroatoms. The molecule has 0 unspecified atom stereocenters. The summed E-state index contributed by atoms with van der Waals surface area (Å²) in [5.41, 5.74) is 0.651. The summed E-state index contributed by atoms with van der Waals surface area (Å²) >= 11 is 0. The highest BCUT2D eigenvalue weighted by Gasteiger charge is 2.27. The molecule has 0 radical (unpaired) electrons. The van der Waals surface area contributed by atoms with Crippen molar-refractivity contribution in [3.05, 3.63) is 29.6 Å². The van der Waals surface area contributed by atoms with Gasteiger partial charge in [0.25, 0.3) is 0 Å². The Labute approximate surface area is 120 Å². The standard InChI is InChI=1S/C14H17F4NO2/c15-12-3-1-2-10(8-19-11-4-5-11)13(12)21-7-6-20-9-14(16,17)18/h1-3,11,19H,4-9H2. The Morgan fingerprint density at radius 1 is 1.19 bits per heavy atom. The van der Waals surface area contributed by atoms with E-state index in [1.54, 1.807) is 12.1 Å². The van der Waals surface area contributed by atoms with Gasteiger partial charge in [-0.15, -0.1) is 0 Å². The lowest BCUT2D eigenvalue weighted by molar-refractivity contribution is -0.175. The Bertz CT molecular complexity index is 461. The van der Waals surface area contributed by atoms with Crippen LogP contribution in [0, 0.1) is 5.82 Å². The van der Waals surface area contributed by atoms with Crippen LogP contribution in [-0.2, 0) is 11.3 Å². The smallest absolute Gasteiger partial charge is 0.411 e. The number of rotatable bonds is 8. The maximum absolute atomic E-state index is 13.7. The van der Waals surface area contributed by atoms with E-state index in [4.69, 9.17) is 4.74 Å². The molecule has 0 saturated heterocycles. The van der Waals surface area contributed by atoms with Gasteiger partial charge in [-0.1, -0.05) is 12.1 Å². The lowest BCUT2D eigenvalue weighted by Crippen LogP contribution is -2.20. The van der Waals surface area contributed by atoms with Gasteiger partial charge in [-0.3, -0.25) is 0 Å². The molecule has 0 aromatic heterocycles. The fourth-order valence-electron chi connectivity index (χ4n) is 1.79. The van der Waals surface area contributed by atoms with Gasteiger partial charge in [-0.2, -0.15) is 13.2 Å². The monoisotopic (exact) mass is 307 g/mol. The quantitative estimate of drug-likeness (QED) is 0.591. The normalized spacial score (nSPS) is 15.2. The molecular weight excluding hydrogens is 290 g/mol. The number of hydrogen-bond donors (Lipinski definition) is 1. The van der Waals surface area contributed by atoms with Gasteiger partial charge in [0.2, 0.25) is 0 Å². The molecule has 0 aliphatic heterocycles. The van der Waals surface area contributed by atoms with Crippen molar-refractivity contribution in [2.45, 2.75) is 31.6 Å². The van der Waals surface area contributed by atoms with Crippen molar-refractivity contribution in [3.8, 4) is 5.75 Å². The number of benzene rings is 1. The zero-order valence-corrected chi connectivity index (χ0v) is 11.4. The maximum Gasteiger partial charge on any atom is 0.411 e. The summed E-state index contributed by atoms with van der Waals surface area (Å²) < 4.78 is 59.0. The van der Waals surface area contributed by atoms with Gasteiger partial charge in [0, 0.05) is 18.2 Å². The van der Waals surface area contributed by atoms with Gasteiger partial charge < -0.3 is 14.8 Å². The Hall–Kier alpha value is -1.34. The molecule has 118 valence electrons. The second-order valence-corrected chi connectivity index (χ2v) is 4.90. The molecular formula is C14H17F4NO2. The summed E-state index contributed by atoms with van der Waals surface area (Å²) in [5.74, 6) is -0.456. The van der Waals surface area contributed by atoms with E-state index in [0.717, 1.165) is 12.8 Å². The minimum atomic E-state index is -4.36. The van der Waals surface area contributed by atoms with Crippen molar-refractivity contribution in [1.29, 1.82) is 0 Å². The lowest BCUT2D eigenvalue weighted by Gasteiger charge is -2.13. The molecule has 0 bridgehead atoms. The van der Waals surface area contributed by atoms with Crippen LogP contribution in [-0.4, -0.2) is 32.0 Å². The zero-order valence-electron chi connectivity index (χ0n) is 11.4. The van der Waals surface area contributed by atoms with E-state index in [1.165, 1.54) is 6.07 Å².